The fourth-order valence-electron chi connectivity index (χ4n) is 8.52. The second-order valence-corrected chi connectivity index (χ2v) is 20.3. The Bertz CT molecular complexity index is 1050. The smallest absolute Gasteiger partial charge is 0.356 e. The van der Waals surface area contributed by atoms with Crippen LogP contribution in [0.2, 0.25) is 0 Å². The van der Waals surface area contributed by atoms with Crippen LogP contribution in [-0.4, -0.2) is 29.6 Å². The molecule has 1 aromatic carbocycles. The maximum Gasteiger partial charge on any atom is 0.356 e. The number of hydrogen-bond acceptors (Lipinski definition) is 4. The van der Waals surface area contributed by atoms with Gasteiger partial charge in [-0.2, -0.15) is 0 Å². The van der Waals surface area contributed by atoms with Gasteiger partial charge in [0.05, 0.1) is 25.1 Å². The molecule has 0 unspecified atom stereocenters. The molecule has 2 N–H and O–H groups in total. The summed E-state index contributed by atoms with van der Waals surface area (Å²) in [7, 11) is -4.52. The van der Waals surface area contributed by atoms with Gasteiger partial charge < -0.3 is 24.0 Å². The highest BCUT2D eigenvalue weighted by Gasteiger charge is 2.24. The van der Waals surface area contributed by atoms with Crippen molar-refractivity contribution in [3.8, 4) is 17.2 Å². The van der Waals surface area contributed by atoms with Gasteiger partial charge in [-0.15, -0.1) is 0 Å². The summed E-state index contributed by atoms with van der Waals surface area (Å²) in [6, 6.07) is 2.98. The molecule has 0 bridgehead atoms. The SMILES string of the molecule is CCCCCCCCCCCCCCCCOc1cc(P(=O)(O)O)cc(OCCCCCCCCCCCCCCCC)c1OCCCCCCCCCCCCCCCC. The molecule has 0 fully saturated rings. The molecule has 61 heavy (non-hydrogen) atoms. The van der Waals surface area contributed by atoms with Crippen molar-refractivity contribution < 1.29 is 28.6 Å². The van der Waals surface area contributed by atoms with Gasteiger partial charge in [0.1, 0.15) is 0 Å². The normalized spacial score (nSPS) is 11.8. The zero-order valence-corrected chi connectivity index (χ0v) is 41.8. The van der Waals surface area contributed by atoms with Crippen LogP contribution in [0.4, 0.5) is 0 Å². The van der Waals surface area contributed by atoms with Crippen molar-refractivity contribution in [2.24, 2.45) is 0 Å². The Morgan fingerprint density at radius 1 is 0.328 bits per heavy atom. The summed E-state index contributed by atoms with van der Waals surface area (Å²) in [6.07, 6.45) is 54.5. The van der Waals surface area contributed by atoms with Crippen molar-refractivity contribution in [1.29, 1.82) is 0 Å². The number of unbranched alkanes of at least 4 members (excludes halogenated alkanes) is 39. The fraction of sp³-hybridized carbons (Fsp3) is 0.889. The van der Waals surface area contributed by atoms with Crippen LogP contribution >= 0.6 is 7.60 Å². The van der Waals surface area contributed by atoms with Crippen LogP contribution in [0.5, 0.6) is 17.2 Å². The lowest BCUT2D eigenvalue weighted by molar-refractivity contribution is 0.234. The highest BCUT2D eigenvalue weighted by molar-refractivity contribution is 7.60. The molecule has 0 amide bonds. The van der Waals surface area contributed by atoms with Gasteiger partial charge in [-0.05, 0) is 31.4 Å². The molecule has 1 aromatic rings. The van der Waals surface area contributed by atoms with E-state index in [9.17, 15) is 14.4 Å². The first kappa shape index (κ1) is 57.8. The maximum absolute atomic E-state index is 12.5. The number of benzene rings is 1. The van der Waals surface area contributed by atoms with Crippen molar-refractivity contribution in [3.05, 3.63) is 12.1 Å². The molecular weight excluding hydrogens is 776 g/mol. The Hall–Kier alpha value is -1.23. The largest absolute Gasteiger partial charge is 0.490 e. The van der Waals surface area contributed by atoms with Gasteiger partial charge in [0.2, 0.25) is 5.75 Å². The Morgan fingerprint density at radius 3 is 0.738 bits per heavy atom. The van der Waals surface area contributed by atoms with E-state index in [1.807, 2.05) is 0 Å². The highest BCUT2D eigenvalue weighted by atomic mass is 31.2. The van der Waals surface area contributed by atoms with Gasteiger partial charge in [0, 0.05) is 0 Å². The van der Waals surface area contributed by atoms with Gasteiger partial charge in [0.15, 0.2) is 11.5 Å². The average Bonchev–Trinajstić information content (AvgIpc) is 3.25. The van der Waals surface area contributed by atoms with E-state index < -0.39 is 7.60 Å². The molecule has 0 heterocycles. The Kier molecular flexibility index (Phi) is 41.7. The zero-order chi connectivity index (χ0) is 44.2. The van der Waals surface area contributed by atoms with Gasteiger partial charge >= 0.3 is 7.60 Å². The molecule has 0 radical (unpaired) electrons. The van der Waals surface area contributed by atoms with E-state index >= 15 is 0 Å². The van der Waals surface area contributed by atoms with Crippen LogP contribution in [0.15, 0.2) is 12.1 Å². The molecule has 0 aromatic heterocycles. The molecule has 7 heteroatoms. The van der Waals surface area contributed by atoms with Gasteiger partial charge in [-0.1, -0.05) is 271 Å². The van der Waals surface area contributed by atoms with Gasteiger partial charge in [-0.25, -0.2) is 0 Å². The first-order valence-corrected chi connectivity index (χ1v) is 28.7. The molecule has 0 aliphatic heterocycles. The van der Waals surface area contributed by atoms with Crippen molar-refractivity contribution in [1.82, 2.24) is 0 Å². The third kappa shape index (κ3) is 36.8. The summed E-state index contributed by atoms with van der Waals surface area (Å²) in [5, 5.41) is -0.0664. The first-order valence-electron chi connectivity index (χ1n) is 27.1. The summed E-state index contributed by atoms with van der Waals surface area (Å²) in [4.78, 5) is 20.4. The van der Waals surface area contributed by atoms with E-state index in [0.29, 0.717) is 37.1 Å². The summed E-state index contributed by atoms with van der Waals surface area (Å²) in [5.74, 6) is 1.30. The lowest BCUT2D eigenvalue weighted by Gasteiger charge is -2.19. The molecule has 0 saturated carbocycles. The standard InChI is InChI=1S/C54H103O6P/c1-4-7-10-13-16-19-22-25-28-31-34-37-40-43-46-58-52-49-51(61(55,56)57)50-53(59-47-44-41-38-35-32-29-26-23-20-17-14-11-8-5-2)54(52)60-48-45-42-39-36-33-30-27-24-21-18-15-12-9-6-3/h49-50H,4-48H2,1-3H3,(H2,55,56,57). The van der Waals surface area contributed by atoms with Crippen LogP contribution in [-0.2, 0) is 4.57 Å². The Balaban J connectivity index is 2.56. The van der Waals surface area contributed by atoms with Crippen molar-refractivity contribution in [2.45, 2.75) is 290 Å². The predicted molar refractivity (Wildman–Crippen MR) is 266 cm³/mol. The van der Waals surface area contributed by atoms with Crippen LogP contribution in [0, 0.1) is 0 Å². The second-order valence-electron chi connectivity index (χ2n) is 18.6. The number of rotatable bonds is 49. The van der Waals surface area contributed by atoms with Crippen molar-refractivity contribution >= 4 is 12.9 Å². The lowest BCUT2D eigenvalue weighted by Crippen LogP contribution is -2.12. The molecular formula is C54H103O6P. The summed E-state index contributed by atoms with van der Waals surface area (Å²) < 4.78 is 31.5. The van der Waals surface area contributed by atoms with E-state index in [1.54, 1.807) is 0 Å². The monoisotopic (exact) mass is 879 g/mol. The summed E-state index contributed by atoms with van der Waals surface area (Å²) >= 11 is 0. The molecule has 0 aliphatic carbocycles. The fourth-order valence-corrected chi connectivity index (χ4v) is 9.09. The zero-order valence-electron chi connectivity index (χ0n) is 40.9. The molecule has 0 atom stereocenters. The van der Waals surface area contributed by atoms with Crippen molar-refractivity contribution in [3.63, 3.8) is 0 Å². The van der Waals surface area contributed by atoms with Gasteiger partial charge in [0.25, 0.3) is 0 Å². The minimum Gasteiger partial charge on any atom is -0.490 e. The molecule has 0 spiro atoms. The van der Waals surface area contributed by atoms with Crippen LogP contribution in [0.3, 0.4) is 0 Å². The average molecular weight is 879 g/mol. The molecule has 1 rings (SSSR count). The summed E-state index contributed by atoms with van der Waals surface area (Å²) in [6.45, 7) is 8.37. The van der Waals surface area contributed by atoms with Crippen LogP contribution in [0.1, 0.15) is 290 Å². The number of ether oxygens (including phenoxy) is 3. The van der Waals surface area contributed by atoms with Crippen LogP contribution < -0.4 is 19.5 Å². The van der Waals surface area contributed by atoms with Crippen molar-refractivity contribution in [2.75, 3.05) is 19.8 Å². The van der Waals surface area contributed by atoms with Gasteiger partial charge in [-0.3, -0.25) is 4.57 Å². The minimum atomic E-state index is -4.52. The summed E-state index contributed by atoms with van der Waals surface area (Å²) in [5.41, 5.74) is 0. The van der Waals surface area contributed by atoms with Crippen LogP contribution in [0.25, 0.3) is 0 Å². The van der Waals surface area contributed by atoms with E-state index in [1.165, 1.54) is 243 Å². The molecule has 360 valence electrons. The quantitative estimate of drug-likeness (QED) is 0.0501. The predicted octanol–water partition coefficient (Wildman–Crippen LogP) is 18.1. The third-order valence-corrected chi connectivity index (χ3v) is 13.5. The lowest BCUT2D eigenvalue weighted by atomic mass is 10.0. The van der Waals surface area contributed by atoms with E-state index in [-0.39, 0.29) is 5.30 Å². The highest BCUT2D eigenvalue weighted by Crippen LogP contribution is 2.43. The van der Waals surface area contributed by atoms with E-state index in [4.69, 9.17) is 14.2 Å². The molecule has 0 aliphatic rings. The minimum absolute atomic E-state index is 0.0664. The van der Waals surface area contributed by atoms with E-state index in [0.717, 1.165) is 38.5 Å². The third-order valence-electron chi connectivity index (χ3n) is 12.6. The first-order chi connectivity index (χ1) is 29.9. The maximum atomic E-state index is 12.5. The topological polar surface area (TPSA) is 85.2 Å². The second kappa shape index (κ2) is 44.0. The Morgan fingerprint density at radius 2 is 0.525 bits per heavy atom. The molecule has 6 nitrogen and oxygen atoms in total. The Labute approximate surface area is 379 Å². The number of hydrogen-bond donors (Lipinski definition) is 2. The molecule has 0 saturated heterocycles. The van der Waals surface area contributed by atoms with E-state index in [2.05, 4.69) is 20.8 Å².